The Kier molecular flexibility index (Phi) is 6.28. The molecule has 0 amide bonds. The Balaban J connectivity index is 1.64. The van der Waals surface area contributed by atoms with Crippen LogP contribution in [0.3, 0.4) is 0 Å². The highest BCUT2D eigenvalue weighted by atomic mass is 32.2. The second kappa shape index (κ2) is 8.68. The zero-order valence-electron chi connectivity index (χ0n) is 15.7. The average molecular weight is 406 g/mol. The lowest BCUT2D eigenvalue weighted by atomic mass is 10.1. The summed E-state index contributed by atoms with van der Waals surface area (Å²) in [6, 6.07) is 13.1. The first-order valence-electron chi connectivity index (χ1n) is 9.20. The van der Waals surface area contributed by atoms with Gasteiger partial charge in [-0.05, 0) is 37.3 Å². The molecule has 0 spiro atoms. The van der Waals surface area contributed by atoms with Crippen LogP contribution in [0, 0.1) is 10.1 Å². The summed E-state index contributed by atoms with van der Waals surface area (Å²) in [5.74, 6) is 0.639. The largest absolute Gasteiger partial charge is 0.494 e. The van der Waals surface area contributed by atoms with Crippen molar-refractivity contribution in [1.29, 1.82) is 0 Å². The Bertz CT molecular complexity index is 923. The van der Waals surface area contributed by atoms with Gasteiger partial charge < -0.3 is 9.64 Å². The summed E-state index contributed by atoms with van der Waals surface area (Å²) in [4.78, 5) is 12.2. The van der Waals surface area contributed by atoms with Gasteiger partial charge in [-0.15, -0.1) is 0 Å². The van der Waals surface area contributed by atoms with Crippen molar-refractivity contribution in [2.24, 2.45) is 0 Å². The second-order valence-corrected chi connectivity index (χ2v) is 8.56. The predicted octanol–water partition coefficient (Wildman–Crippen LogP) is 1.08. The molecule has 0 saturated carbocycles. The molecule has 1 aliphatic rings. The first kappa shape index (κ1) is 20.2. The van der Waals surface area contributed by atoms with Crippen molar-refractivity contribution in [2.45, 2.75) is 18.4 Å². The fourth-order valence-corrected chi connectivity index (χ4v) is 4.79. The van der Waals surface area contributed by atoms with Crippen molar-refractivity contribution in [3.05, 3.63) is 64.2 Å². The molecule has 9 heteroatoms. The monoisotopic (exact) mass is 406 g/mol. The highest BCUT2D eigenvalue weighted by molar-refractivity contribution is 7.89. The van der Waals surface area contributed by atoms with Crippen molar-refractivity contribution < 1.29 is 23.0 Å². The van der Waals surface area contributed by atoms with Gasteiger partial charge in [-0.2, -0.15) is 4.31 Å². The molecule has 0 radical (unpaired) electrons. The number of benzene rings is 2. The van der Waals surface area contributed by atoms with Gasteiger partial charge in [0.2, 0.25) is 10.0 Å². The molecule has 0 aliphatic carbocycles. The molecular formula is C19H24N3O5S+. The molecule has 0 atom stereocenters. The summed E-state index contributed by atoms with van der Waals surface area (Å²) in [6.07, 6.45) is 0. The lowest BCUT2D eigenvalue weighted by Crippen LogP contribution is -3.13. The first-order chi connectivity index (χ1) is 13.4. The molecule has 0 unspecified atom stereocenters. The molecule has 1 saturated heterocycles. The van der Waals surface area contributed by atoms with Gasteiger partial charge in [0.05, 0.1) is 48.2 Å². The Morgan fingerprint density at radius 3 is 2.36 bits per heavy atom. The molecule has 28 heavy (non-hydrogen) atoms. The number of quaternary nitrogens is 1. The molecule has 2 aromatic rings. The van der Waals surface area contributed by atoms with Gasteiger partial charge in [-0.25, -0.2) is 8.42 Å². The smallest absolute Gasteiger partial charge is 0.278 e. The van der Waals surface area contributed by atoms with Crippen LogP contribution in [0.4, 0.5) is 5.69 Å². The third-order valence-corrected chi connectivity index (χ3v) is 6.74. The Morgan fingerprint density at radius 2 is 1.75 bits per heavy atom. The van der Waals surface area contributed by atoms with Gasteiger partial charge in [-0.3, -0.25) is 10.1 Å². The molecule has 0 aromatic heterocycles. The SMILES string of the molecule is CCOc1ccc(S(=O)(=O)N2CC[NH+](Cc3ccccc3[N+](=O)[O-])CC2)cc1. The van der Waals surface area contributed by atoms with Crippen LogP contribution in [0.2, 0.25) is 0 Å². The number of nitrogens with zero attached hydrogens (tertiary/aromatic N) is 2. The maximum Gasteiger partial charge on any atom is 0.278 e. The number of hydrogen-bond donors (Lipinski definition) is 1. The summed E-state index contributed by atoms with van der Waals surface area (Å²) in [6.45, 7) is 4.86. The number of para-hydroxylation sites is 1. The van der Waals surface area contributed by atoms with Crippen LogP contribution < -0.4 is 9.64 Å². The van der Waals surface area contributed by atoms with Crippen LogP contribution in [-0.2, 0) is 16.6 Å². The normalized spacial score (nSPS) is 16.0. The molecule has 2 aromatic carbocycles. The molecular weight excluding hydrogens is 382 g/mol. The van der Waals surface area contributed by atoms with E-state index in [1.54, 1.807) is 42.5 Å². The zero-order chi connectivity index (χ0) is 20.1. The van der Waals surface area contributed by atoms with E-state index in [0.29, 0.717) is 50.6 Å². The van der Waals surface area contributed by atoms with Crippen LogP contribution in [0.1, 0.15) is 12.5 Å². The Labute approximate surface area is 164 Å². The summed E-state index contributed by atoms with van der Waals surface area (Å²) in [5.41, 5.74) is 0.782. The Hall–Kier alpha value is -2.49. The van der Waals surface area contributed by atoms with Gasteiger partial charge in [0.25, 0.3) is 5.69 Å². The third-order valence-electron chi connectivity index (χ3n) is 4.83. The summed E-state index contributed by atoms with van der Waals surface area (Å²) in [5, 5.41) is 11.2. The van der Waals surface area contributed by atoms with Gasteiger partial charge in [0.15, 0.2) is 0 Å². The number of piperazine rings is 1. The maximum atomic E-state index is 12.9. The number of ether oxygens (including phenoxy) is 1. The third kappa shape index (κ3) is 4.49. The van der Waals surface area contributed by atoms with E-state index in [2.05, 4.69) is 0 Å². The molecule has 1 fully saturated rings. The standard InChI is InChI=1S/C19H23N3O5S/c1-2-27-17-7-9-18(10-8-17)28(25,26)21-13-11-20(12-14-21)15-16-5-3-4-6-19(16)22(23)24/h3-10H,2,11-15H2,1H3/p+1. The lowest BCUT2D eigenvalue weighted by Gasteiger charge is -2.31. The summed E-state index contributed by atoms with van der Waals surface area (Å²) >= 11 is 0. The topological polar surface area (TPSA) is 94.2 Å². The van der Waals surface area contributed by atoms with Gasteiger partial charge >= 0.3 is 0 Å². The highest BCUT2D eigenvalue weighted by Crippen LogP contribution is 2.20. The van der Waals surface area contributed by atoms with Crippen molar-refractivity contribution in [2.75, 3.05) is 32.8 Å². The fourth-order valence-electron chi connectivity index (χ4n) is 3.35. The number of sulfonamides is 1. The van der Waals surface area contributed by atoms with Crippen molar-refractivity contribution in [3.63, 3.8) is 0 Å². The summed E-state index contributed by atoms with van der Waals surface area (Å²) < 4.78 is 32.5. The van der Waals surface area contributed by atoms with Crippen LogP contribution in [0.25, 0.3) is 0 Å². The van der Waals surface area contributed by atoms with Crippen molar-refractivity contribution in [3.8, 4) is 5.75 Å². The molecule has 8 nitrogen and oxygen atoms in total. The number of nitro benzene ring substituents is 1. The number of rotatable bonds is 7. The van der Waals surface area contributed by atoms with E-state index in [1.165, 1.54) is 10.4 Å². The van der Waals surface area contributed by atoms with Crippen LogP contribution >= 0.6 is 0 Å². The minimum absolute atomic E-state index is 0.111. The highest BCUT2D eigenvalue weighted by Gasteiger charge is 2.31. The van der Waals surface area contributed by atoms with E-state index in [-0.39, 0.29) is 15.5 Å². The van der Waals surface area contributed by atoms with E-state index in [9.17, 15) is 18.5 Å². The number of nitrogens with one attached hydrogen (secondary N) is 1. The van der Waals surface area contributed by atoms with Crippen LogP contribution in [0.5, 0.6) is 5.75 Å². The number of hydrogen-bond acceptors (Lipinski definition) is 5. The van der Waals surface area contributed by atoms with Gasteiger partial charge in [-0.1, -0.05) is 12.1 Å². The fraction of sp³-hybridized carbons (Fsp3) is 0.368. The van der Waals surface area contributed by atoms with Crippen molar-refractivity contribution >= 4 is 15.7 Å². The predicted molar refractivity (Wildman–Crippen MR) is 104 cm³/mol. The maximum absolute atomic E-state index is 12.9. The lowest BCUT2D eigenvalue weighted by molar-refractivity contribution is -0.917. The molecule has 1 heterocycles. The van der Waals surface area contributed by atoms with Gasteiger partial charge in [0, 0.05) is 6.07 Å². The first-order valence-corrected chi connectivity index (χ1v) is 10.6. The van der Waals surface area contributed by atoms with Gasteiger partial charge in [0.1, 0.15) is 12.3 Å². The van der Waals surface area contributed by atoms with Crippen LogP contribution in [0.15, 0.2) is 53.4 Å². The quantitative estimate of drug-likeness (QED) is 0.549. The molecule has 0 bridgehead atoms. The van der Waals surface area contributed by atoms with E-state index < -0.39 is 10.0 Å². The molecule has 3 rings (SSSR count). The molecule has 1 N–H and O–H groups in total. The minimum atomic E-state index is -3.56. The van der Waals surface area contributed by atoms with Crippen LogP contribution in [-0.4, -0.2) is 50.4 Å². The van der Waals surface area contributed by atoms with E-state index >= 15 is 0 Å². The minimum Gasteiger partial charge on any atom is -0.494 e. The van der Waals surface area contributed by atoms with Crippen molar-refractivity contribution in [1.82, 2.24) is 4.31 Å². The average Bonchev–Trinajstić information content (AvgIpc) is 2.69. The molecule has 1 aliphatic heterocycles. The zero-order valence-corrected chi connectivity index (χ0v) is 16.5. The Morgan fingerprint density at radius 1 is 1.11 bits per heavy atom. The van der Waals surface area contributed by atoms with E-state index in [1.807, 2.05) is 6.92 Å². The molecule has 150 valence electrons. The van der Waals surface area contributed by atoms with E-state index in [4.69, 9.17) is 4.74 Å². The number of nitro groups is 1. The summed E-state index contributed by atoms with van der Waals surface area (Å²) in [7, 11) is -3.56. The van der Waals surface area contributed by atoms with E-state index in [0.717, 1.165) is 4.90 Å². The second-order valence-electron chi connectivity index (χ2n) is 6.62.